The van der Waals surface area contributed by atoms with Gasteiger partial charge in [-0.2, -0.15) is 0 Å². The third kappa shape index (κ3) is 1.93. The fraction of sp³-hybridized carbons (Fsp3) is 0.333. The number of allylic oxidation sites excluding steroid dienone is 4. The third-order valence-corrected chi connectivity index (χ3v) is 6.69. The Morgan fingerprint density at radius 2 is 2.22 bits per heavy atom. The van der Waals surface area contributed by atoms with Crippen LogP contribution in [0.15, 0.2) is 21.0 Å². The summed E-state index contributed by atoms with van der Waals surface area (Å²) in [5.74, 6) is 0. The van der Waals surface area contributed by atoms with E-state index in [1.807, 2.05) is 0 Å². The third-order valence-electron chi connectivity index (χ3n) is 1.39. The van der Waals surface area contributed by atoms with Gasteiger partial charge in [-0.05, 0) is 0 Å². The summed E-state index contributed by atoms with van der Waals surface area (Å²) in [6, 6.07) is 0. The molecule has 0 bridgehead atoms. The second kappa shape index (κ2) is 3.37. The molecule has 0 radical (unpaired) electrons. The molecule has 0 unspecified atom stereocenters. The Balaban J connectivity index is 2.73. The maximum absolute atomic E-state index is 5.84. The molecule has 0 saturated heterocycles. The van der Waals surface area contributed by atoms with Crippen molar-refractivity contribution in [3.05, 3.63) is 21.0 Å². The van der Waals surface area contributed by atoms with Crippen LogP contribution in [0.25, 0.3) is 0 Å². The van der Waals surface area contributed by atoms with Crippen LogP contribution in [-0.2, 0) is 19.4 Å². The zero-order valence-electron chi connectivity index (χ0n) is 5.12. The summed E-state index contributed by atoms with van der Waals surface area (Å²) in [6.07, 6.45) is 5.23. The molecule has 49 valence electrons. The Bertz CT molecular complexity index is 170. The zero-order valence-corrected chi connectivity index (χ0v) is 9.09. The summed E-state index contributed by atoms with van der Waals surface area (Å²) in [5, 5.41) is 0. The fourth-order valence-electron chi connectivity index (χ4n) is 0.841. The van der Waals surface area contributed by atoms with Gasteiger partial charge in [-0.3, -0.25) is 0 Å². The molecule has 1 aliphatic rings. The first kappa shape index (κ1) is 8.04. The van der Waals surface area contributed by atoms with Crippen molar-refractivity contribution in [1.82, 2.24) is 0 Å². The molecular weight excluding hydrogens is 234 g/mol. The Hall–Kier alpha value is 0.943. The van der Waals surface area contributed by atoms with Crippen LogP contribution in [0.5, 0.6) is 0 Å². The summed E-state index contributed by atoms with van der Waals surface area (Å²) in [7, 11) is 11.7. The van der Waals surface area contributed by atoms with Crippen LogP contribution in [0, 0.1) is 0 Å². The van der Waals surface area contributed by atoms with E-state index in [0.717, 1.165) is 6.42 Å². The molecule has 1 aliphatic carbocycles. The topological polar surface area (TPSA) is 0 Å². The molecule has 0 amide bonds. The van der Waals surface area contributed by atoms with Crippen molar-refractivity contribution >= 4 is 17.0 Å². The molecule has 1 rings (SSSR count). The van der Waals surface area contributed by atoms with Crippen LogP contribution < -0.4 is 0 Å². The number of hydrogen-bond donors (Lipinski definition) is 0. The molecule has 0 fully saturated rings. The number of halogens is 2. The van der Waals surface area contributed by atoms with Crippen LogP contribution in [0.2, 0.25) is 0 Å². The molecule has 9 heavy (non-hydrogen) atoms. The minimum absolute atomic E-state index is 1.01. The van der Waals surface area contributed by atoms with Gasteiger partial charge in [-0.25, -0.2) is 0 Å². The van der Waals surface area contributed by atoms with E-state index in [2.05, 4.69) is 19.1 Å². The second-order valence-electron chi connectivity index (χ2n) is 2.03. The van der Waals surface area contributed by atoms with Crippen molar-refractivity contribution < 1.29 is 19.4 Å². The van der Waals surface area contributed by atoms with Gasteiger partial charge in [0, 0.05) is 0 Å². The monoisotopic (exact) mass is 239 g/mol. The molecular formula is C6H7Cl2Zr. The molecule has 0 aliphatic heterocycles. The molecule has 0 aromatic rings. The molecule has 3 heteroatoms. The zero-order chi connectivity index (χ0) is 6.85. The van der Waals surface area contributed by atoms with E-state index in [9.17, 15) is 0 Å². The number of hydrogen-bond acceptors (Lipinski definition) is 0. The Kier molecular flexibility index (Phi) is 3.01. The molecule has 0 aromatic carbocycles. The summed E-state index contributed by atoms with van der Waals surface area (Å²) >= 11 is -2.02. The predicted octanol–water partition coefficient (Wildman–Crippen LogP) is 3.15. The Morgan fingerprint density at radius 3 is 2.44 bits per heavy atom. The van der Waals surface area contributed by atoms with Gasteiger partial charge < -0.3 is 0 Å². The van der Waals surface area contributed by atoms with Gasteiger partial charge in [0.2, 0.25) is 0 Å². The van der Waals surface area contributed by atoms with Gasteiger partial charge >= 0.3 is 70.7 Å². The van der Waals surface area contributed by atoms with E-state index in [0.29, 0.717) is 0 Å². The van der Waals surface area contributed by atoms with Gasteiger partial charge in [-0.1, -0.05) is 0 Å². The van der Waals surface area contributed by atoms with Crippen molar-refractivity contribution in [2.24, 2.45) is 0 Å². The first-order valence-electron chi connectivity index (χ1n) is 2.76. The Labute approximate surface area is 70.3 Å². The average Bonchev–Trinajstić information content (AvgIpc) is 2.13. The summed E-state index contributed by atoms with van der Waals surface area (Å²) < 4.78 is 1.33. The van der Waals surface area contributed by atoms with E-state index in [4.69, 9.17) is 17.0 Å². The fourth-order valence-corrected chi connectivity index (χ4v) is 5.12. The molecule has 0 aromatic heterocycles. The van der Waals surface area contributed by atoms with Crippen LogP contribution in [0.1, 0.15) is 13.3 Å². The van der Waals surface area contributed by atoms with Gasteiger partial charge in [0.05, 0.1) is 0 Å². The first-order chi connectivity index (χ1) is 4.22. The van der Waals surface area contributed by atoms with Gasteiger partial charge in [0.15, 0.2) is 0 Å². The van der Waals surface area contributed by atoms with E-state index >= 15 is 0 Å². The van der Waals surface area contributed by atoms with E-state index in [1.165, 1.54) is 8.85 Å². The summed E-state index contributed by atoms with van der Waals surface area (Å²) in [6.45, 7) is 2.07. The molecule has 0 atom stereocenters. The molecule has 0 heterocycles. The summed E-state index contributed by atoms with van der Waals surface area (Å²) in [4.78, 5) is 0. The standard InChI is InChI=1S/C6H7.2ClH.Zr/c1-6-4-2-3-5-6;;;/h2,4H,3H2,1H3;2*1H;/q;;;+2/p-2. The van der Waals surface area contributed by atoms with Crippen molar-refractivity contribution in [3.8, 4) is 0 Å². The van der Waals surface area contributed by atoms with Crippen LogP contribution >= 0.6 is 17.0 Å². The molecule has 0 N–H and O–H groups in total. The predicted molar refractivity (Wildman–Crippen MR) is 38.2 cm³/mol. The number of rotatable bonds is 1. The van der Waals surface area contributed by atoms with Gasteiger partial charge in [0.25, 0.3) is 0 Å². The van der Waals surface area contributed by atoms with Gasteiger partial charge in [-0.15, -0.1) is 0 Å². The average molecular weight is 241 g/mol. The van der Waals surface area contributed by atoms with Gasteiger partial charge in [0.1, 0.15) is 0 Å². The molecule has 0 spiro atoms. The van der Waals surface area contributed by atoms with Crippen LogP contribution in [-0.4, -0.2) is 0 Å². The van der Waals surface area contributed by atoms with Crippen LogP contribution in [0.3, 0.4) is 0 Å². The van der Waals surface area contributed by atoms with Crippen molar-refractivity contribution in [2.75, 3.05) is 0 Å². The van der Waals surface area contributed by atoms with E-state index < -0.39 is 19.4 Å². The Morgan fingerprint density at radius 1 is 1.56 bits per heavy atom. The SMILES string of the molecule is CC1=[C]([Zr]([Cl])[Cl])CC=C1. The van der Waals surface area contributed by atoms with E-state index in [-0.39, 0.29) is 0 Å². The van der Waals surface area contributed by atoms with Crippen LogP contribution in [0.4, 0.5) is 0 Å². The molecule has 0 nitrogen and oxygen atoms in total. The van der Waals surface area contributed by atoms with Crippen molar-refractivity contribution in [3.63, 3.8) is 0 Å². The molecule has 0 saturated carbocycles. The second-order valence-corrected chi connectivity index (χ2v) is 10.4. The minimum atomic E-state index is -2.02. The maximum atomic E-state index is 5.84. The summed E-state index contributed by atoms with van der Waals surface area (Å²) in [5.41, 5.74) is 1.30. The van der Waals surface area contributed by atoms with E-state index in [1.54, 1.807) is 0 Å². The van der Waals surface area contributed by atoms with Crippen molar-refractivity contribution in [2.45, 2.75) is 13.3 Å². The quantitative estimate of drug-likeness (QED) is 0.661. The van der Waals surface area contributed by atoms with Crippen molar-refractivity contribution in [1.29, 1.82) is 0 Å². The normalized spacial score (nSPS) is 17.2. The first-order valence-corrected chi connectivity index (χ1v) is 10.3.